The number of hydrogen-bond acceptors (Lipinski definition) is 3. The Bertz CT molecular complexity index is 250. The van der Waals surface area contributed by atoms with Crippen LogP contribution in [0.2, 0.25) is 0 Å². The molecule has 0 aromatic rings. The molecule has 0 heterocycles. The van der Waals surface area contributed by atoms with Crippen molar-refractivity contribution in [1.82, 2.24) is 10.2 Å². The Hall–Kier alpha value is -0.810. The number of nitrogens with one attached hydrogen (secondary N) is 1. The van der Waals surface area contributed by atoms with Crippen LogP contribution in [0.4, 0.5) is 0 Å². The second-order valence-corrected chi connectivity index (χ2v) is 4.91. The Morgan fingerprint density at radius 2 is 1.76 bits per heavy atom. The number of nitrogens with two attached hydrogens (primary N) is 1. The molecule has 0 aromatic carbocycles. The zero-order valence-electron chi connectivity index (χ0n) is 11.1. The third-order valence-electron chi connectivity index (χ3n) is 2.03. The van der Waals surface area contributed by atoms with Crippen molar-refractivity contribution in [3.05, 3.63) is 0 Å². The molecule has 3 N–H and O–H groups in total. The fourth-order valence-electron chi connectivity index (χ4n) is 1.04. The number of hydrogen-bond donors (Lipinski definition) is 2. The van der Waals surface area contributed by atoms with Crippen molar-refractivity contribution >= 4 is 24.2 Å². The zero-order valence-corrected chi connectivity index (χ0v) is 11.9. The average Bonchev–Trinajstić information content (AvgIpc) is 2.13. The summed E-state index contributed by atoms with van der Waals surface area (Å²) in [6.07, 6.45) is 1.36. The minimum atomic E-state index is -0.394. The highest BCUT2D eigenvalue weighted by Gasteiger charge is 2.12. The van der Waals surface area contributed by atoms with Gasteiger partial charge >= 0.3 is 0 Å². The molecule has 102 valence electrons. The Morgan fingerprint density at radius 1 is 1.24 bits per heavy atom. The highest BCUT2D eigenvalue weighted by atomic mass is 35.5. The van der Waals surface area contributed by atoms with E-state index in [1.54, 1.807) is 14.1 Å². The summed E-state index contributed by atoms with van der Waals surface area (Å²) < 4.78 is 0. The van der Waals surface area contributed by atoms with Gasteiger partial charge in [0.15, 0.2) is 0 Å². The normalized spacial score (nSPS) is 10.4. The van der Waals surface area contributed by atoms with E-state index >= 15 is 0 Å². The Labute approximate surface area is 110 Å². The third-order valence-corrected chi connectivity index (χ3v) is 2.03. The van der Waals surface area contributed by atoms with Crippen LogP contribution in [-0.2, 0) is 9.59 Å². The highest BCUT2D eigenvalue weighted by Crippen LogP contribution is 1.99. The summed E-state index contributed by atoms with van der Waals surface area (Å²) in [4.78, 5) is 24.1. The quantitative estimate of drug-likeness (QED) is 0.735. The fourth-order valence-corrected chi connectivity index (χ4v) is 1.04. The van der Waals surface area contributed by atoms with Crippen LogP contribution in [0.25, 0.3) is 0 Å². The minimum absolute atomic E-state index is 0. The molecular formula is C11H24ClN3O2. The number of halogens is 1. The van der Waals surface area contributed by atoms with Gasteiger partial charge in [0.25, 0.3) is 0 Å². The lowest BCUT2D eigenvalue weighted by Crippen LogP contribution is -2.45. The van der Waals surface area contributed by atoms with E-state index in [2.05, 4.69) is 5.32 Å². The Kier molecular flexibility index (Phi) is 9.06. The van der Waals surface area contributed by atoms with Crippen molar-refractivity contribution in [2.45, 2.75) is 38.6 Å². The monoisotopic (exact) mass is 265 g/mol. The largest absolute Gasteiger partial charge is 0.354 e. The number of carbonyl (C=O) groups is 2. The van der Waals surface area contributed by atoms with Gasteiger partial charge in [-0.3, -0.25) is 9.59 Å². The molecule has 0 bridgehead atoms. The number of amides is 2. The van der Waals surface area contributed by atoms with Crippen molar-refractivity contribution in [2.24, 2.45) is 5.73 Å². The highest BCUT2D eigenvalue weighted by molar-refractivity contribution is 5.85. The van der Waals surface area contributed by atoms with Crippen LogP contribution in [-0.4, -0.2) is 42.9 Å². The van der Waals surface area contributed by atoms with Gasteiger partial charge in [-0.05, 0) is 20.3 Å². The molecule has 0 spiro atoms. The van der Waals surface area contributed by atoms with Crippen LogP contribution < -0.4 is 11.1 Å². The van der Waals surface area contributed by atoms with E-state index in [-0.39, 0.29) is 24.2 Å². The van der Waals surface area contributed by atoms with Crippen LogP contribution >= 0.6 is 12.4 Å². The lowest BCUT2D eigenvalue weighted by molar-refractivity contribution is -0.129. The van der Waals surface area contributed by atoms with Gasteiger partial charge in [0.1, 0.15) is 0 Å². The Morgan fingerprint density at radius 3 is 2.18 bits per heavy atom. The predicted octanol–water partition coefficient (Wildman–Crippen LogP) is 0.520. The summed E-state index contributed by atoms with van der Waals surface area (Å²) in [6.45, 7) is 4.15. The first kappa shape index (κ1) is 18.6. The van der Waals surface area contributed by atoms with Gasteiger partial charge < -0.3 is 16.0 Å². The van der Waals surface area contributed by atoms with Crippen LogP contribution in [0.3, 0.4) is 0 Å². The zero-order chi connectivity index (χ0) is 12.8. The maximum absolute atomic E-state index is 11.3. The van der Waals surface area contributed by atoms with E-state index in [0.717, 1.165) is 0 Å². The maximum Gasteiger partial charge on any atom is 0.222 e. The Balaban J connectivity index is 0. The number of nitrogens with zero attached hydrogens (tertiary/aromatic N) is 1. The van der Waals surface area contributed by atoms with Crippen LogP contribution in [0.15, 0.2) is 0 Å². The summed E-state index contributed by atoms with van der Waals surface area (Å²) in [5, 5.41) is 2.74. The molecule has 17 heavy (non-hydrogen) atoms. The molecule has 0 rings (SSSR count). The predicted molar refractivity (Wildman–Crippen MR) is 71.1 cm³/mol. The van der Waals surface area contributed by atoms with Gasteiger partial charge in [0.2, 0.25) is 11.8 Å². The van der Waals surface area contributed by atoms with Gasteiger partial charge in [-0.25, -0.2) is 0 Å². The number of carbonyl (C=O) groups excluding carboxylic acids is 2. The molecular weight excluding hydrogens is 242 g/mol. The average molecular weight is 266 g/mol. The van der Waals surface area contributed by atoms with Gasteiger partial charge in [0.05, 0.1) is 0 Å². The first-order chi connectivity index (χ1) is 7.22. The van der Waals surface area contributed by atoms with E-state index in [4.69, 9.17) is 5.73 Å². The molecule has 0 atom stereocenters. The molecule has 0 fully saturated rings. The van der Waals surface area contributed by atoms with Crippen molar-refractivity contribution < 1.29 is 9.59 Å². The molecule has 5 nitrogen and oxygen atoms in total. The lowest BCUT2D eigenvalue weighted by Gasteiger charge is -2.18. The van der Waals surface area contributed by atoms with Gasteiger partial charge in [0, 0.05) is 39.0 Å². The summed E-state index contributed by atoms with van der Waals surface area (Å²) in [7, 11) is 3.42. The molecule has 0 aromatic heterocycles. The van der Waals surface area contributed by atoms with Crippen LogP contribution in [0.5, 0.6) is 0 Å². The molecule has 0 saturated carbocycles. The van der Waals surface area contributed by atoms with E-state index in [1.807, 2.05) is 13.8 Å². The van der Waals surface area contributed by atoms with Crippen molar-refractivity contribution in [2.75, 3.05) is 20.6 Å². The van der Waals surface area contributed by atoms with Crippen LogP contribution in [0.1, 0.15) is 33.1 Å². The standard InChI is InChI=1S/C11H23N3O2.ClH/c1-11(2,12)8-13-9(15)6-5-7-10(16)14(3)4;/h5-8,12H2,1-4H3,(H,13,15);1H. The molecule has 6 heteroatoms. The van der Waals surface area contributed by atoms with E-state index in [9.17, 15) is 9.59 Å². The summed E-state index contributed by atoms with van der Waals surface area (Å²) >= 11 is 0. The van der Waals surface area contributed by atoms with Gasteiger partial charge in [-0.15, -0.1) is 12.4 Å². The molecule has 0 aliphatic heterocycles. The first-order valence-electron chi connectivity index (χ1n) is 5.48. The number of rotatable bonds is 6. The molecule has 0 unspecified atom stereocenters. The van der Waals surface area contributed by atoms with E-state index in [0.29, 0.717) is 25.8 Å². The van der Waals surface area contributed by atoms with Crippen LogP contribution in [0, 0.1) is 0 Å². The molecule has 0 saturated heterocycles. The molecule has 2 amide bonds. The molecule has 0 radical (unpaired) electrons. The molecule has 0 aliphatic carbocycles. The second kappa shape index (κ2) is 8.31. The van der Waals surface area contributed by atoms with Crippen molar-refractivity contribution in [3.63, 3.8) is 0 Å². The smallest absolute Gasteiger partial charge is 0.222 e. The van der Waals surface area contributed by atoms with Gasteiger partial charge in [-0.1, -0.05) is 0 Å². The van der Waals surface area contributed by atoms with Gasteiger partial charge in [-0.2, -0.15) is 0 Å². The summed E-state index contributed by atoms with van der Waals surface area (Å²) in [6, 6.07) is 0. The summed E-state index contributed by atoms with van der Waals surface area (Å²) in [5.41, 5.74) is 5.33. The fraction of sp³-hybridized carbons (Fsp3) is 0.818. The summed E-state index contributed by atoms with van der Waals surface area (Å²) in [5.74, 6) is -0.00274. The second-order valence-electron chi connectivity index (χ2n) is 4.91. The first-order valence-corrected chi connectivity index (χ1v) is 5.48. The SMILES string of the molecule is CN(C)C(=O)CCCC(=O)NCC(C)(C)N.Cl. The lowest BCUT2D eigenvalue weighted by atomic mass is 10.1. The van der Waals surface area contributed by atoms with E-state index in [1.165, 1.54) is 4.90 Å². The van der Waals surface area contributed by atoms with Crippen molar-refractivity contribution in [3.8, 4) is 0 Å². The third kappa shape index (κ3) is 11.5. The maximum atomic E-state index is 11.3. The molecule has 0 aliphatic rings. The topological polar surface area (TPSA) is 75.4 Å². The minimum Gasteiger partial charge on any atom is -0.354 e. The van der Waals surface area contributed by atoms with E-state index < -0.39 is 5.54 Å². The van der Waals surface area contributed by atoms with Crippen molar-refractivity contribution in [1.29, 1.82) is 0 Å².